The first-order chi connectivity index (χ1) is 9.23. The zero-order chi connectivity index (χ0) is 15.4. The first-order valence-corrected chi connectivity index (χ1v) is 7.19. The van der Waals surface area contributed by atoms with Crippen molar-refractivity contribution in [2.24, 2.45) is 17.8 Å². The van der Waals surface area contributed by atoms with Gasteiger partial charge in [0.1, 0.15) is 6.04 Å². The second-order valence-electron chi connectivity index (χ2n) is 6.23. The third kappa shape index (κ3) is 4.10. The second-order valence-corrected chi connectivity index (χ2v) is 6.23. The normalized spacial score (nSPS) is 22.9. The molecule has 3 N–H and O–H groups in total. The van der Waals surface area contributed by atoms with Crippen LogP contribution in [0.2, 0.25) is 0 Å². The number of aliphatic hydroxyl groups excluding tert-OH is 1. The van der Waals surface area contributed by atoms with Gasteiger partial charge in [-0.15, -0.1) is 0 Å². The Kier molecular flexibility index (Phi) is 5.80. The maximum absolute atomic E-state index is 12.1. The number of β-amino-alcohol motifs (C(OH)–C–C–N with tert-alkyl or cyclic N) is 1. The SMILES string of the molecule is CC(C)C(CNC(=O)N1CC(O)CC1C(=O)O)C(C)C. The summed E-state index contributed by atoms with van der Waals surface area (Å²) >= 11 is 0. The van der Waals surface area contributed by atoms with Crippen molar-refractivity contribution in [3.05, 3.63) is 0 Å². The number of carbonyl (C=O) groups excluding carboxylic acids is 1. The fourth-order valence-electron chi connectivity index (χ4n) is 2.82. The van der Waals surface area contributed by atoms with Crippen LogP contribution < -0.4 is 5.32 Å². The van der Waals surface area contributed by atoms with Crippen LogP contribution in [-0.2, 0) is 4.79 Å². The maximum atomic E-state index is 12.1. The number of aliphatic carboxylic acids is 1. The average molecular weight is 286 g/mol. The highest BCUT2D eigenvalue weighted by Crippen LogP contribution is 2.21. The van der Waals surface area contributed by atoms with Crippen LogP contribution in [0.1, 0.15) is 34.1 Å². The lowest BCUT2D eigenvalue weighted by Gasteiger charge is -2.27. The Morgan fingerprint density at radius 1 is 1.25 bits per heavy atom. The predicted octanol–water partition coefficient (Wildman–Crippen LogP) is 1.14. The van der Waals surface area contributed by atoms with Crippen molar-refractivity contribution in [2.45, 2.75) is 46.3 Å². The highest BCUT2D eigenvalue weighted by molar-refractivity contribution is 5.83. The molecule has 1 rings (SSSR count). The number of aliphatic hydroxyl groups is 1. The Morgan fingerprint density at radius 3 is 2.25 bits per heavy atom. The predicted molar refractivity (Wildman–Crippen MR) is 75.3 cm³/mol. The summed E-state index contributed by atoms with van der Waals surface area (Å²) in [6.45, 7) is 9.03. The van der Waals surface area contributed by atoms with E-state index in [1.165, 1.54) is 4.90 Å². The highest BCUT2D eigenvalue weighted by Gasteiger charge is 2.39. The molecular formula is C14H26N2O4. The van der Waals surface area contributed by atoms with Crippen molar-refractivity contribution < 1.29 is 19.8 Å². The summed E-state index contributed by atoms with van der Waals surface area (Å²) in [6, 6.07) is -1.33. The van der Waals surface area contributed by atoms with Gasteiger partial charge in [0.15, 0.2) is 0 Å². The van der Waals surface area contributed by atoms with Crippen LogP contribution in [0, 0.1) is 17.8 Å². The van der Waals surface area contributed by atoms with Crippen LogP contribution in [0.3, 0.4) is 0 Å². The van der Waals surface area contributed by atoms with E-state index in [-0.39, 0.29) is 13.0 Å². The summed E-state index contributed by atoms with van der Waals surface area (Å²) in [5.74, 6) is 0.153. The number of carboxylic acid groups (broad SMARTS) is 1. The first kappa shape index (κ1) is 16.8. The Balaban J connectivity index is 2.59. The fourth-order valence-corrected chi connectivity index (χ4v) is 2.82. The van der Waals surface area contributed by atoms with Gasteiger partial charge in [0, 0.05) is 19.5 Å². The smallest absolute Gasteiger partial charge is 0.326 e. The molecule has 0 spiro atoms. The number of hydrogen-bond acceptors (Lipinski definition) is 3. The number of amides is 2. The molecule has 0 saturated carbocycles. The summed E-state index contributed by atoms with van der Waals surface area (Å²) in [5.41, 5.74) is 0. The van der Waals surface area contributed by atoms with Crippen molar-refractivity contribution in [3.63, 3.8) is 0 Å². The number of likely N-dealkylation sites (tertiary alicyclic amines) is 1. The molecule has 0 aromatic carbocycles. The van der Waals surface area contributed by atoms with Gasteiger partial charge in [-0.25, -0.2) is 9.59 Å². The van der Waals surface area contributed by atoms with E-state index >= 15 is 0 Å². The zero-order valence-corrected chi connectivity index (χ0v) is 12.7. The number of nitrogens with zero attached hydrogens (tertiary/aromatic N) is 1. The molecule has 2 atom stereocenters. The van der Waals surface area contributed by atoms with E-state index in [0.717, 1.165) is 0 Å². The van der Waals surface area contributed by atoms with Crippen LogP contribution >= 0.6 is 0 Å². The average Bonchev–Trinajstić information content (AvgIpc) is 2.70. The highest BCUT2D eigenvalue weighted by atomic mass is 16.4. The fraction of sp³-hybridized carbons (Fsp3) is 0.857. The van der Waals surface area contributed by atoms with Crippen molar-refractivity contribution in [3.8, 4) is 0 Å². The van der Waals surface area contributed by atoms with Crippen LogP contribution in [0.4, 0.5) is 4.79 Å². The number of rotatable bonds is 5. The molecule has 0 radical (unpaired) electrons. The topological polar surface area (TPSA) is 89.9 Å². The van der Waals surface area contributed by atoms with Gasteiger partial charge < -0.3 is 20.4 Å². The van der Waals surface area contributed by atoms with E-state index in [1.54, 1.807) is 0 Å². The molecule has 20 heavy (non-hydrogen) atoms. The van der Waals surface area contributed by atoms with Gasteiger partial charge in [-0.2, -0.15) is 0 Å². The molecule has 2 unspecified atom stereocenters. The monoisotopic (exact) mass is 286 g/mol. The van der Waals surface area contributed by atoms with Crippen molar-refractivity contribution in [1.82, 2.24) is 10.2 Å². The van der Waals surface area contributed by atoms with Gasteiger partial charge in [-0.05, 0) is 17.8 Å². The number of urea groups is 1. The van der Waals surface area contributed by atoms with Gasteiger partial charge in [0.2, 0.25) is 0 Å². The minimum Gasteiger partial charge on any atom is -0.480 e. The molecular weight excluding hydrogens is 260 g/mol. The van der Waals surface area contributed by atoms with Gasteiger partial charge >= 0.3 is 12.0 Å². The van der Waals surface area contributed by atoms with Gasteiger partial charge in [-0.3, -0.25) is 0 Å². The number of carboxylic acids is 1. The molecule has 6 heteroatoms. The second kappa shape index (κ2) is 6.92. The number of nitrogens with one attached hydrogen (secondary N) is 1. The molecule has 0 aromatic rings. The molecule has 1 aliphatic heterocycles. The summed E-state index contributed by atoms with van der Waals surface area (Å²) in [4.78, 5) is 24.4. The standard InChI is InChI=1S/C14H26N2O4/c1-8(2)11(9(3)4)6-15-14(20)16-7-10(17)5-12(16)13(18)19/h8-12,17H,5-7H2,1-4H3,(H,15,20)(H,18,19). The summed E-state index contributed by atoms with van der Waals surface area (Å²) in [7, 11) is 0. The van der Waals surface area contributed by atoms with E-state index in [4.69, 9.17) is 5.11 Å². The van der Waals surface area contributed by atoms with Gasteiger partial charge in [-0.1, -0.05) is 27.7 Å². The lowest BCUT2D eigenvalue weighted by molar-refractivity contribution is -0.141. The van der Waals surface area contributed by atoms with Crippen molar-refractivity contribution >= 4 is 12.0 Å². The third-order valence-corrected chi connectivity index (χ3v) is 4.03. The van der Waals surface area contributed by atoms with Crippen LogP contribution in [0.25, 0.3) is 0 Å². The molecule has 116 valence electrons. The lowest BCUT2D eigenvalue weighted by atomic mass is 9.85. The van der Waals surface area contributed by atoms with Crippen molar-refractivity contribution in [1.29, 1.82) is 0 Å². The molecule has 2 amide bonds. The van der Waals surface area contributed by atoms with Crippen LogP contribution in [-0.4, -0.2) is 52.3 Å². The summed E-state index contributed by atoms with van der Waals surface area (Å²) in [6.07, 6.45) is -0.659. The Labute approximate surface area is 120 Å². The molecule has 1 aliphatic rings. The van der Waals surface area contributed by atoms with E-state index in [2.05, 4.69) is 33.0 Å². The van der Waals surface area contributed by atoms with Crippen molar-refractivity contribution in [2.75, 3.05) is 13.1 Å². The number of carbonyl (C=O) groups is 2. The lowest BCUT2D eigenvalue weighted by Crippen LogP contribution is -2.48. The summed E-state index contributed by atoms with van der Waals surface area (Å²) in [5, 5.41) is 21.4. The Morgan fingerprint density at radius 2 is 1.80 bits per heavy atom. The van der Waals surface area contributed by atoms with E-state index in [1.807, 2.05) is 0 Å². The molecule has 0 bridgehead atoms. The van der Waals surface area contributed by atoms with Crippen LogP contribution in [0.15, 0.2) is 0 Å². The number of hydrogen-bond donors (Lipinski definition) is 3. The minimum atomic E-state index is -1.07. The molecule has 1 fully saturated rings. The van der Waals surface area contributed by atoms with Crippen LogP contribution in [0.5, 0.6) is 0 Å². The molecule has 0 aromatic heterocycles. The van der Waals surface area contributed by atoms with E-state index in [0.29, 0.717) is 24.3 Å². The molecule has 1 heterocycles. The summed E-state index contributed by atoms with van der Waals surface area (Å²) < 4.78 is 0. The maximum Gasteiger partial charge on any atom is 0.326 e. The molecule has 6 nitrogen and oxygen atoms in total. The quantitative estimate of drug-likeness (QED) is 0.707. The minimum absolute atomic E-state index is 0.0802. The van der Waals surface area contributed by atoms with Gasteiger partial charge in [0.05, 0.1) is 6.10 Å². The third-order valence-electron chi connectivity index (χ3n) is 4.03. The largest absolute Gasteiger partial charge is 0.480 e. The van der Waals surface area contributed by atoms with E-state index in [9.17, 15) is 14.7 Å². The Bertz CT molecular complexity index is 349. The molecule has 1 saturated heterocycles. The zero-order valence-electron chi connectivity index (χ0n) is 12.7. The first-order valence-electron chi connectivity index (χ1n) is 7.19. The van der Waals surface area contributed by atoms with E-state index < -0.39 is 24.1 Å². The molecule has 0 aliphatic carbocycles. The Hall–Kier alpha value is -1.30. The van der Waals surface area contributed by atoms with Gasteiger partial charge in [0.25, 0.3) is 0 Å².